The molecule has 1 N–H and O–H groups in total. The largest absolute Gasteiger partial charge is 0.472 e. The van der Waals surface area contributed by atoms with Gasteiger partial charge in [-0.15, -0.1) is 0 Å². The molecule has 2 aromatic heterocycles. The van der Waals surface area contributed by atoms with E-state index in [1.54, 1.807) is 30.7 Å². The first-order valence-electron chi connectivity index (χ1n) is 6.01. The summed E-state index contributed by atoms with van der Waals surface area (Å²) in [5.74, 6) is -0.0200. The average molecular weight is 247 g/mol. The first kappa shape index (κ1) is 12.4. The number of nitrogens with one attached hydrogen (secondary N) is 1. The average Bonchev–Trinajstić information content (AvgIpc) is 3.00. The third kappa shape index (κ3) is 2.61. The van der Waals surface area contributed by atoms with Crippen LogP contribution in [0.2, 0.25) is 0 Å². The van der Waals surface area contributed by atoms with Gasteiger partial charge in [0.25, 0.3) is 5.91 Å². The zero-order valence-corrected chi connectivity index (χ0v) is 10.6. The fraction of sp³-hybridized carbons (Fsp3) is 0.385. The molecule has 2 heterocycles. The molecule has 0 aromatic carbocycles. The summed E-state index contributed by atoms with van der Waals surface area (Å²) in [6.45, 7) is 2.61. The molecule has 5 nitrogen and oxygen atoms in total. The molecule has 2 aromatic rings. The molecule has 0 aliphatic heterocycles. The maximum absolute atomic E-state index is 12.3. The fourth-order valence-corrected chi connectivity index (χ4v) is 1.87. The lowest BCUT2D eigenvalue weighted by Crippen LogP contribution is -2.26. The topological polar surface area (TPSA) is 62.1 Å². The second-order valence-electron chi connectivity index (χ2n) is 4.31. The van der Waals surface area contributed by atoms with Crippen LogP contribution in [0, 0.1) is 0 Å². The highest BCUT2D eigenvalue weighted by Crippen LogP contribution is 2.12. The second kappa shape index (κ2) is 5.53. The number of amides is 1. The Morgan fingerprint density at radius 1 is 1.56 bits per heavy atom. The van der Waals surface area contributed by atoms with E-state index < -0.39 is 0 Å². The van der Waals surface area contributed by atoms with Gasteiger partial charge in [-0.05, 0) is 12.5 Å². The molecule has 0 aliphatic rings. The lowest BCUT2D eigenvalue weighted by molar-refractivity contribution is 0.0784. The molecule has 0 fully saturated rings. The maximum Gasteiger partial charge on any atom is 0.257 e. The fourth-order valence-electron chi connectivity index (χ4n) is 1.87. The molecular weight excluding hydrogens is 230 g/mol. The minimum atomic E-state index is -0.0200. The predicted molar refractivity (Wildman–Crippen MR) is 67.1 cm³/mol. The van der Waals surface area contributed by atoms with Crippen LogP contribution < -0.4 is 0 Å². The van der Waals surface area contributed by atoms with Crippen LogP contribution in [0.5, 0.6) is 0 Å². The summed E-state index contributed by atoms with van der Waals surface area (Å²) >= 11 is 0. The molecule has 18 heavy (non-hydrogen) atoms. The van der Waals surface area contributed by atoms with E-state index in [1.807, 2.05) is 6.07 Å². The van der Waals surface area contributed by atoms with Crippen LogP contribution in [0.4, 0.5) is 0 Å². The highest BCUT2D eigenvalue weighted by atomic mass is 16.3. The van der Waals surface area contributed by atoms with E-state index in [0.717, 1.165) is 24.1 Å². The van der Waals surface area contributed by atoms with Crippen LogP contribution >= 0.6 is 0 Å². The molecule has 0 saturated carbocycles. The maximum atomic E-state index is 12.3. The molecule has 0 atom stereocenters. The second-order valence-corrected chi connectivity index (χ2v) is 4.31. The van der Waals surface area contributed by atoms with Crippen molar-refractivity contribution in [1.29, 1.82) is 0 Å². The Bertz CT molecular complexity index is 502. The van der Waals surface area contributed by atoms with Gasteiger partial charge >= 0.3 is 0 Å². The Balaban J connectivity index is 2.08. The summed E-state index contributed by atoms with van der Waals surface area (Å²) < 4.78 is 4.99. The molecule has 1 amide bonds. The number of aryl methyl sites for hydroxylation is 1. The van der Waals surface area contributed by atoms with Gasteiger partial charge in [-0.25, -0.2) is 0 Å². The van der Waals surface area contributed by atoms with E-state index in [9.17, 15) is 4.79 Å². The highest BCUT2D eigenvalue weighted by Gasteiger charge is 2.17. The number of hydrogen-bond acceptors (Lipinski definition) is 3. The standard InChI is InChI=1S/C13H17N3O2/c1-3-4-12-11(7-14-15-12)13(17)16(2)8-10-5-6-18-9-10/h5-7,9H,3-4,8H2,1-2H3,(H,14,15). The van der Waals surface area contributed by atoms with Gasteiger partial charge in [-0.1, -0.05) is 13.3 Å². The highest BCUT2D eigenvalue weighted by molar-refractivity contribution is 5.94. The van der Waals surface area contributed by atoms with Crippen LogP contribution in [0.15, 0.2) is 29.2 Å². The van der Waals surface area contributed by atoms with Crippen molar-refractivity contribution >= 4 is 5.91 Å². The molecular formula is C13H17N3O2. The summed E-state index contributed by atoms with van der Waals surface area (Å²) in [6.07, 6.45) is 6.66. The molecule has 2 rings (SSSR count). The Kier molecular flexibility index (Phi) is 3.82. The monoisotopic (exact) mass is 247 g/mol. The first-order chi connectivity index (χ1) is 8.72. The van der Waals surface area contributed by atoms with Crippen molar-refractivity contribution in [1.82, 2.24) is 15.1 Å². The molecule has 5 heteroatoms. The molecule has 0 bridgehead atoms. The van der Waals surface area contributed by atoms with Crippen LogP contribution in [-0.2, 0) is 13.0 Å². The smallest absolute Gasteiger partial charge is 0.257 e. The van der Waals surface area contributed by atoms with Crippen molar-refractivity contribution < 1.29 is 9.21 Å². The number of furan rings is 1. The van der Waals surface area contributed by atoms with Gasteiger partial charge in [-0.2, -0.15) is 5.10 Å². The summed E-state index contributed by atoms with van der Waals surface area (Å²) in [5, 5.41) is 6.84. The SMILES string of the molecule is CCCc1[nH]ncc1C(=O)N(C)Cc1ccoc1. The van der Waals surface area contributed by atoms with E-state index in [0.29, 0.717) is 12.1 Å². The van der Waals surface area contributed by atoms with Gasteiger partial charge in [0.2, 0.25) is 0 Å². The zero-order chi connectivity index (χ0) is 13.0. The lowest BCUT2D eigenvalue weighted by atomic mass is 10.1. The number of aromatic nitrogens is 2. The van der Waals surface area contributed by atoms with Crippen LogP contribution in [0.25, 0.3) is 0 Å². The lowest BCUT2D eigenvalue weighted by Gasteiger charge is -2.15. The van der Waals surface area contributed by atoms with Gasteiger partial charge < -0.3 is 9.32 Å². The Morgan fingerprint density at radius 2 is 2.39 bits per heavy atom. The van der Waals surface area contributed by atoms with Crippen LogP contribution in [-0.4, -0.2) is 28.1 Å². The van der Waals surface area contributed by atoms with Gasteiger partial charge in [0.1, 0.15) is 0 Å². The normalized spacial score (nSPS) is 10.6. The quantitative estimate of drug-likeness (QED) is 0.881. The Hall–Kier alpha value is -2.04. The van der Waals surface area contributed by atoms with Gasteiger partial charge in [0, 0.05) is 24.8 Å². The minimum absolute atomic E-state index is 0.0200. The number of rotatable bonds is 5. The predicted octanol–water partition coefficient (Wildman–Crippen LogP) is 2.23. The molecule has 0 radical (unpaired) electrons. The van der Waals surface area contributed by atoms with Crippen molar-refractivity contribution in [2.45, 2.75) is 26.3 Å². The number of carbonyl (C=O) groups is 1. The van der Waals surface area contributed by atoms with Crippen LogP contribution in [0.1, 0.15) is 35.0 Å². The van der Waals surface area contributed by atoms with Crippen molar-refractivity contribution in [2.24, 2.45) is 0 Å². The minimum Gasteiger partial charge on any atom is -0.472 e. The van der Waals surface area contributed by atoms with Crippen molar-refractivity contribution in [3.63, 3.8) is 0 Å². The number of H-pyrrole nitrogens is 1. The van der Waals surface area contributed by atoms with E-state index in [-0.39, 0.29) is 5.91 Å². The third-order valence-corrected chi connectivity index (χ3v) is 2.80. The molecule has 0 aliphatic carbocycles. The van der Waals surface area contributed by atoms with Gasteiger partial charge in [-0.3, -0.25) is 9.89 Å². The Labute approximate surface area is 106 Å². The number of carbonyl (C=O) groups excluding carboxylic acids is 1. The third-order valence-electron chi connectivity index (χ3n) is 2.80. The van der Waals surface area contributed by atoms with E-state index in [2.05, 4.69) is 17.1 Å². The number of nitrogens with zero attached hydrogens (tertiary/aromatic N) is 2. The number of hydrogen-bond donors (Lipinski definition) is 1. The summed E-state index contributed by atoms with van der Waals surface area (Å²) in [6, 6.07) is 1.85. The molecule has 0 saturated heterocycles. The van der Waals surface area contributed by atoms with Crippen molar-refractivity contribution in [3.8, 4) is 0 Å². The van der Waals surface area contributed by atoms with Crippen LogP contribution in [0.3, 0.4) is 0 Å². The number of aromatic amines is 1. The van der Waals surface area contributed by atoms with Gasteiger partial charge in [0.05, 0.1) is 24.3 Å². The van der Waals surface area contributed by atoms with Gasteiger partial charge in [0.15, 0.2) is 0 Å². The summed E-state index contributed by atoms with van der Waals surface area (Å²) in [5.41, 5.74) is 2.54. The first-order valence-corrected chi connectivity index (χ1v) is 6.01. The van der Waals surface area contributed by atoms with Crippen molar-refractivity contribution in [3.05, 3.63) is 41.6 Å². The van der Waals surface area contributed by atoms with Crippen molar-refractivity contribution in [2.75, 3.05) is 7.05 Å². The summed E-state index contributed by atoms with van der Waals surface area (Å²) in [4.78, 5) is 13.9. The van der Waals surface area contributed by atoms with E-state index >= 15 is 0 Å². The molecule has 96 valence electrons. The molecule has 0 spiro atoms. The zero-order valence-electron chi connectivity index (χ0n) is 10.6. The molecule has 0 unspecified atom stereocenters. The Morgan fingerprint density at radius 3 is 3.06 bits per heavy atom. The van der Waals surface area contributed by atoms with E-state index in [1.165, 1.54) is 0 Å². The summed E-state index contributed by atoms with van der Waals surface area (Å²) in [7, 11) is 1.78. The van der Waals surface area contributed by atoms with E-state index in [4.69, 9.17) is 4.42 Å².